The molecule has 1 saturated heterocycles. The molecule has 0 radical (unpaired) electrons. The first-order chi connectivity index (χ1) is 9.21. The molecule has 0 N–H and O–H groups in total. The molecular formula is C12H11Cl2N3O2. The molecule has 0 aliphatic carbocycles. The molecule has 0 bridgehead atoms. The van der Waals surface area contributed by atoms with Crippen molar-refractivity contribution in [1.82, 2.24) is 14.8 Å². The minimum atomic E-state index is -1.01. The fourth-order valence-corrected chi connectivity index (χ4v) is 2.84. The molecule has 0 atom stereocenters. The topological polar surface area (TPSA) is 49.2 Å². The Labute approximate surface area is 120 Å². The van der Waals surface area contributed by atoms with Gasteiger partial charge in [-0.1, -0.05) is 29.3 Å². The van der Waals surface area contributed by atoms with Crippen LogP contribution in [0.1, 0.15) is 5.56 Å². The third-order valence-electron chi connectivity index (χ3n) is 2.93. The number of aromatic nitrogens is 3. The summed E-state index contributed by atoms with van der Waals surface area (Å²) in [5.41, 5.74) is 0.631. The average Bonchev–Trinajstić information content (AvgIpc) is 3.02. The van der Waals surface area contributed by atoms with Crippen LogP contribution >= 0.6 is 23.2 Å². The van der Waals surface area contributed by atoms with Crippen LogP contribution in [0.3, 0.4) is 0 Å². The second kappa shape index (κ2) is 5.09. The highest BCUT2D eigenvalue weighted by atomic mass is 35.5. The first kappa shape index (κ1) is 12.9. The normalized spacial score (nSPS) is 17.8. The quantitative estimate of drug-likeness (QED) is 0.874. The van der Waals surface area contributed by atoms with Gasteiger partial charge in [-0.2, -0.15) is 5.10 Å². The molecule has 19 heavy (non-hydrogen) atoms. The zero-order chi connectivity index (χ0) is 13.3. The summed E-state index contributed by atoms with van der Waals surface area (Å²) in [6.45, 7) is 1.31. The van der Waals surface area contributed by atoms with Crippen LogP contribution in [-0.2, 0) is 21.8 Å². The van der Waals surface area contributed by atoms with Gasteiger partial charge in [0.15, 0.2) is 0 Å². The van der Waals surface area contributed by atoms with Crippen LogP contribution in [0.5, 0.6) is 0 Å². The minimum absolute atomic E-state index is 0.344. The van der Waals surface area contributed by atoms with E-state index in [0.29, 0.717) is 35.4 Å². The zero-order valence-corrected chi connectivity index (χ0v) is 11.4. The standard InChI is InChI=1S/C12H11Cl2N3O2/c13-9-2-1-3-10(14)11(9)12(18-4-5-19-12)6-17-8-15-7-16-17/h1-3,7-8H,4-6H2. The number of hydrogen-bond donors (Lipinski definition) is 0. The van der Waals surface area contributed by atoms with Gasteiger partial charge in [-0.3, -0.25) is 0 Å². The summed E-state index contributed by atoms with van der Waals surface area (Å²) in [5.74, 6) is -1.01. The van der Waals surface area contributed by atoms with Crippen molar-refractivity contribution in [3.63, 3.8) is 0 Å². The highest BCUT2D eigenvalue weighted by Gasteiger charge is 2.42. The fourth-order valence-electron chi connectivity index (χ4n) is 2.16. The van der Waals surface area contributed by atoms with Crippen molar-refractivity contribution in [3.05, 3.63) is 46.5 Å². The molecule has 0 amide bonds. The maximum absolute atomic E-state index is 6.25. The van der Waals surface area contributed by atoms with Gasteiger partial charge in [0, 0.05) is 0 Å². The molecule has 1 aliphatic heterocycles. The van der Waals surface area contributed by atoms with E-state index in [1.807, 2.05) is 0 Å². The first-order valence-electron chi connectivity index (χ1n) is 5.76. The molecule has 2 heterocycles. The third kappa shape index (κ3) is 2.34. The summed E-state index contributed by atoms with van der Waals surface area (Å²) in [6, 6.07) is 5.31. The van der Waals surface area contributed by atoms with Gasteiger partial charge in [-0.25, -0.2) is 9.67 Å². The first-order valence-corrected chi connectivity index (χ1v) is 6.52. The van der Waals surface area contributed by atoms with Crippen LogP contribution in [-0.4, -0.2) is 28.0 Å². The Hall–Kier alpha value is -1.14. The van der Waals surface area contributed by atoms with Crippen molar-refractivity contribution in [2.45, 2.75) is 12.3 Å². The molecule has 1 aromatic carbocycles. The van der Waals surface area contributed by atoms with E-state index >= 15 is 0 Å². The summed E-state index contributed by atoms with van der Waals surface area (Å²) in [5, 5.41) is 5.09. The van der Waals surface area contributed by atoms with E-state index in [4.69, 9.17) is 32.7 Å². The van der Waals surface area contributed by atoms with Crippen LogP contribution in [0, 0.1) is 0 Å². The average molecular weight is 300 g/mol. The lowest BCUT2D eigenvalue weighted by atomic mass is 10.1. The lowest BCUT2D eigenvalue weighted by Gasteiger charge is -2.29. The molecule has 0 saturated carbocycles. The number of halogens is 2. The van der Waals surface area contributed by atoms with E-state index in [-0.39, 0.29) is 0 Å². The van der Waals surface area contributed by atoms with E-state index in [2.05, 4.69) is 10.1 Å². The largest absolute Gasteiger partial charge is 0.342 e. The zero-order valence-electron chi connectivity index (χ0n) is 9.92. The molecule has 2 aromatic rings. The number of rotatable bonds is 3. The predicted octanol–water partition coefficient (Wildman–Crippen LogP) is 2.48. The lowest BCUT2D eigenvalue weighted by molar-refractivity contribution is -0.177. The van der Waals surface area contributed by atoms with Gasteiger partial charge in [0.25, 0.3) is 0 Å². The second-order valence-electron chi connectivity index (χ2n) is 4.14. The monoisotopic (exact) mass is 299 g/mol. The van der Waals surface area contributed by atoms with Gasteiger partial charge in [0.2, 0.25) is 5.79 Å². The predicted molar refractivity (Wildman–Crippen MR) is 70.1 cm³/mol. The van der Waals surface area contributed by atoms with Gasteiger partial charge in [-0.05, 0) is 12.1 Å². The van der Waals surface area contributed by atoms with Crippen molar-refractivity contribution in [2.75, 3.05) is 13.2 Å². The van der Waals surface area contributed by atoms with Crippen molar-refractivity contribution in [1.29, 1.82) is 0 Å². The lowest BCUT2D eigenvalue weighted by Crippen LogP contribution is -2.33. The molecule has 1 fully saturated rings. The van der Waals surface area contributed by atoms with Gasteiger partial charge < -0.3 is 9.47 Å². The number of benzene rings is 1. The molecule has 7 heteroatoms. The van der Waals surface area contributed by atoms with Crippen LogP contribution in [0.2, 0.25) is 10.0 Å². The highest BCUT2D eigenvalue weighted by Crippen LogP contribution is 2.41. The van der Waals surface area contributed by atoms with Gasteiger partial charge in [0.1, 0.15) is 19.2 Å². The van der Waals surface area contributed by atoms with Gasteiger partial charge >= 0.3 is 0 Å². The Bertz CT molecular complexity index is 548. The van der Waals surface area contributed by atoms with E-state index in [1.54, 1.807) is 29.2 Å². The molecule has 5 nitrogen and oxygen atoms in total. The van der Waals surface area contributed by atoms with E-state index < -0.39 is 5.79 Å². The Morgan fingerprint density at radius 1 is 1.21 bits per heavy atom. The Kier molecular flexibility index (Phi) is 3.45. The smallest absolute Gasteiger partial charge is 0.218 e. The Balaban J connectivity index is 2.05. The van der Waals surface area contributed by atoms with Gasteiger partial charge in [-0.15, -0.1) is 0 Å². The molecule has 3 rings (SSSR count). The van der Waals surface area contributed by atoms with Crippen LogP contribution in [0.15, 0.2) is 30.9 Å². The summed E-state index contributed by atoms with van der Waals surface area (Å²) >= 11 is 12.5. The van der Waals surface area contributed by atoms with E-state index in [1.165, 1.54) is 6.33 Å². The van der Waals surface area contributed by atoms with Crippen LogP contribution in [0.4, 0.5) is 0 Å². The number of ether oxygens (including phenoxy) is 2. The van der Waals surface area contributed by atoms with E-state index in [9.17, 15) is 0 Å². The second-order valence-corrected chi connectivity index (χ2v) is 4.95. The Morgan fingerprint density at radius 3 is 2.47 bits per heavy atom. The third-order valence-corrected chi connectivity index (χ3v) is 3.56. The summed E-state index contributed by atoms with van der Waals surface area (Å²) in [6.07, 6.45) is 3.05. The summed E-state index contributed by atoms with van der Waals surface area (Å²) < 4.78 is 13.2. The molecule has 100 valence electrons. The van der Waals surface area contributed by atoms with E-state index in [0.717, 1.165) is 0 Å². The number of hydrogen-bond acceptors (Lipinski definition) is 4. The van der Waals surface area contributed by atoms with Crippen molar-refractivity contribution < 1.29 is 9.47 Å². The summed E-state index contributed by atoms with van der Waals surface area (Å²) in [7, 11) is 0. The Morgan fingerprint density at radius 2 is 1.89 bits per heavy atom. The number of nitrogens with zero attached hydrogens (tertiary/aromatic N) is 3. The molecular weight excluding hydrogens is 289 g/mol. The SMILES string of the molecule is Clc1cccc(Cl)c1C1(Cn2cncn2)OCCO1. The van der Waals surface area contributed by atoms with Crippen molar-refractivity contribution in [2.24, 2.45) is 0 Å². The van der Waals surface area contributed by atoms with Crippen LogP contribution < -0.4 is 0 Å². The van der Waals surface area contributed by atoms with Crippen LogP contribution in [0.25, 0.3) is 0 Å². The van der Waals surface area contributed by atoms with Gasteiger partial charge in [0.05, 0.1) is 28.8 Å². The minimum Gasteiger partial charge on any atom is -0.342 e. The molecule has 0 spiro atoms. The highest BCUT2D eigenvalue weighted by molar-refractivity contribution is 6.36. The van der Waals surface area contributed by atoms with Crippen molar-refractivity contribution >= 4 is 23.2 Å². The fraction of sp³-hybridized carbons (Fsp3) is 0.333. The maximum atomic E-state index is 6.25. The molecule has 1 aliphatic rings. The molecule has 1 aromatic heterocycles. The molecule has 0 unspecified atom stereocenters. The summed E-state index contributed by atoms with van der Waals surface area (Å²) in [4.78, 5) is 3.91. The van der Waals surface area contributed by atoms with Crippen molar-refractivity contribution in [3.8, 4) is 0 Å². The maximum Gasteiger partial charge on any atom is 0.218 e.